The standard InChI is InChI=1S/C13H27NO2/c1-13(2)8-5-6-11(7-9-13)14-10-12(15-3)16-4/h11-12,14H,5-10H2,1-4H3. The molecule has 0 radical (unpaired) electrons. The lowest BCUT2D eigenvalue weighted by Crippen LogP contribution is -2.37. The van der Waals surface area contributed by atoms with Crippen LogP contribution in [0.1, 0.15) is 46.0 Å². The number of hydrogen-bond acceptors (Lipinski definition) is 3. The first-order valence-corrected chi connectivity index (χ1v) is 6.36. The quantitative estimate of drug-likeness (QED) is 0.580. The first-order chi connectivity index (χ1) is 7.57. The minimum absolute atomic E-state index is 0.115. The minimum Gasteiger partial charge on any atom is -0.355 e. The highest BCUT2D eigenvalue weighted by Gasteiger charge is 2.24. The third-order valence-electron chi connectivity index (χ3n) is 3.67. The molecule has 1 N–H and O–H groups in total. The van der Waals surface area contributed by atoms with E-state index >= 15 is 0 Å². The van der Waals surface area contributed by atoms with Crippen LogP contribution in [-0.4, -0.2) is 33.1 Å². The summed E-state index contributed by atoms with van der Waals surface area (Å²) < 4.78 is 10.4. The summed E-state index contributed by atoms with van der Waals surface area (Å²) in [5, 5.41) is 3.55. The Kier molecular flexibility index (Phi) is 5.73. The first-order valence-electron chi connectivity index (χ1n) is 6.36. The molecule has 0 aromatic rings. The Morgan fingerprint density at radius 1 is 1.19 bits per heavy atom. The Morgan fingerprint density at radius 3 is 2.50 bits per heavy atom. The number of methoxy groups -OCH3 is 2. The molecular formula is C13H27NO2. The van der Waals surface area contributed by atoms with Crippen molar-refractivity contribution in [1.82, 2.24) is 5.32 Å². The van der Waals surface area contributed by atoms with Crippen molar-refractivity contribution in [3.05, 3.63) is 0 Å². The topological polar surface area (TPSA) is 30.5 Å². The van der Waals surface area contributed by atoms with Gasteiger partial charge in [-0.1, -0.05) is 20.3 Å². The van der Waals surface area contributed by atoms with Crippen molar-refractivity contribution in [3.63, 3.8) is 0 Å². The average molecular weight is 229 g/mol. The van der Waals surface area contributed by atoms with Crippen LogP contribution in [0.3, 0.4) is 0 Å². The molecule has 0 spiro atoms. The van der Waals surface area contributed by atoms with E-state index < -0.39 is 0 Å². The second-order valence-electron chi connectivity index (χ2n) is 5.60. The molecule has 0 aromatic heterocycles. The fraction of sp³-hybridized carbons (Fsp3) is 1.00. The SMILES string of the molecule is COC(CNC1CCCC(C)(C)CC1)OC. The molecule has 16 heavy (non-hydrogen) atoms. The molecule has 0 aliphatic heterocycles. The largest absolute Gasteiger partial charge is 0.355 e. The summed E-state index contributed by atoms with van der Waals surface area (Å²) in [7, 11) is 3.37. The molecule has 1 rings (SSSR count). The van der Waals surface area contributed by atoms with Crippen molar-refractivity contribution in [2.24, 2.45) is 5.41 Å². The second-order valence-corrected chi connectivity index (χ2v) is 5.60. The third-order valence-corrected chi connectivity index (χ3v) is 3.67. The highest BCUT2D eigenvalue weighted by Crippen LogP contribution is 2.33. The van der Waals surface area contributed by atoms with Crippen LogP contribution >= 0.6 is 0 Å². The molecule has 0 heterocycles. The van der Waals surface area contributed by atoms with Gasteiger partial charge in [0.15, 0.2) is 6.29 Å². The Bertz CT molecular complexity index is 190. The molecule has 0 bridgehead atoms. The molecule has 1 aliphatic carbocycles. The van der Waals surface area contributed by atoms with Gasteiger partial charge in [0.1, 0.15) is 0 Å². The molecule has 1 unspecified atom stereocenters. The van der Waals surface area contributed by atoms with E-state index in [1.165, 1.54) is 32.1 Å². The molecule has 1 atom stereocenters. The van der Waals surface area contributed by atoms with Gasteiger partial charge in [0.2, 0.25) is 0 Å². The maximum absolute atomic E-state index is 5.18. The molecule has 96 valence electrons. The number of nitrogens with one attached hydrogen (secondary N) is 1. The summed E-state index contributed by atoms with van der Waals surface area (Å²) in [6.07, 6.45) is 6.43. The van der Waals surface area contributed by atoms with Gasteiger partial charge in [0, 0.05) is 26.8 Å². The van der Waals surface area contributed by atoms with E-state index in [0.29, 0.717) is 11.5 Å². The Balaban J connectivity index is 2.27. The molecule has 0 aromatic carbocycles. The van der Waals surface area contributed by atoms with E-state index in [1.54, 1.807) is 14.2 Å². The zero-order valence-electron chi connectivity index (χ0n) is 11.2. The van der Waals surface area contributed by atoms with Crippen LogP contribution in [0.25, 0.3) is 0 Å². The van der Waals surface area contributed by atoms with Gasteiger partial charge in [0.25, 0.3) is 0 Å². The summed E-state index contributed by atoms with van der Waals surface area (Å²) in [5.41, 5.74) is 0.526. The predicted molar refractivity (Wildman–Crippen MR) is 66.5 cm³/mol. The Hall–Kier alpha value is -0.120. The average Bonchev–Trinajstić information content (AvgIpc) is 2.41. The smallest absolute Gasteiger partial charge is 0.169 e. The number of ether oxygens (including phenoxy) is 2. The van der Waals surface area contributed by atoms with Gasteiger partial charge in [-0.25, -0.2) is 0 Å². The zero-order valence-corrected chi connectivity index (χ0v) is 11.2. The lowest BCUT2D eigenvalue weighted by molar-refractivity contribution is -0.1000. The Morgan fingerprint density at radius 2 is 1.88 bits per heavy atom. The van der Waals surface area contributed by atoms with E-state index in [4.69, 9.17) is 9.47 Å². The monoisotopic (exact) mass is 229 g/mol. The van der Waals surface area contributed by atoms with E-state index in [-0.39, 0.29) is 6.29 Å². The van der Waals surface area contributed by atoms with Crippen molar-refractivity contribution < 1.29 is 9.47 Å². The fourth-order valence-electron chi connectivity index (χ4n) is 2.39. The molecule has 1 aliphatic rings. The molecule has 1 saturated carbocycles. The molecule has 1 fully saturated rings. The summed E-state index contributed by atoms with van der Waals surface area (Å²) >= 11 is 0. The van der Waals surface area contributed by atoms with Crippen molar-refractivity contribution in [2.45, 2.75) is 58.3 Å². The van der Waals surface area contributed by atoms with Crippen molar-refractivity contribution in [3.8, 4) is 0 Å². The number of hydrogen-bond donors (Lipinski definition) is 1. The van der Waals surface area contributed by atoms with Crippen molar-refractivity contribution in [1.29, 1.82) is 0 Å². The van der Waals surface area contributed by atoms with Crippen LogP contribution in [-0.2, 0) is 9.47 Å². The highest BCUT2D eigenvalue weighted by atomic mass is 16.7. The fourth-order valence-corrected chi connectivity index (χ4v) is 2.39. The molecule has 0 amide bonds. The van der Waals surface area contributed by atoms with E-state index in [2.05, 4.69) is 19.2 Å². The lowest BCUT2D eigenvalue weighted by atomic mass is 9.85. The van der Waals surface area contributed by atoms with Gasteiger partial charge in [0.05, 0.1) is 0 Å². The van der Waals surface area contributed by atoms with E-state index in [0.717, 1.165) is 6.54 Å². The summed E-state index contributed by atoms with van der Waals surface area (Å²) in [6, 6.07) is 0.634. The van der Waals surface area contributed by atoms with Crippen molar-refractivity contribution >= 4 is 0 Å². The van der Waals surface area contributed by atoms with Gasteiger partial charge < -0.3 is 14.8 Å². The van der Waals surface area contributed by atoms with Gasteiger partial charge in [-0.15, -0.1) is 0 Å². The zero-order chi connectivity index (χ0) is 12.0. The van der Waals surface area contributed by atoms with E-state index in [1.807, 2.05) is 0 Å². The van der Waals surface area contributed by atoms with Crippen LogP contribution in [0, 0.1) is 5.41 Å². The summed E-state index contributed by atoms with van der Waals surface area (Å²) in [6.45, 7) is 5.54. The normalized spacial score (nSPS) is 25.7. The van der Waals surface area contributed by atoms with Crippen molar-refractivity contribution in [2.75, 3.05) is 20.8 Å². The summed E-state index contributed by atoms with van der Waals surface area (Å²) in [4.78, 5) is 0. The van der Waals surface area contributed by atoms with Gasteiger partial charge in [-0.2, -0.15) is 0 Å². The maximum atomic E-state index is 5.18. The summed E-state index contributed by atoms with van der Waals surface area (Å²) in [5.74, 6) is 0. The maximum Gasteiger partial charge on any atom is 0.169 e. The van der Waals surface area contributed by atoms with Gasteiger partial charge in [-0.3, -0.25) is 0 Å². The molecular weight excluding hydrogens is 202 g/mol. The molecule has 3 heteroatoms. The molecule has 3 nitrogen and oxygen atoms in total. The van der Waals surface area contributed by atoms with Crippen LogP contribution < -0.4 is 5.32 Å². The highest BCUT2D eigenvalue weighted by molar-refractivity contribution is 4.79. The first kappa shape index (κ1) is 13.9. The predicted octanol–water partition coefficient (Wildman–Crippen LogP) is 2.55. The van der Waals surface area contributed by atoms with Crippen LogP contribution in [0.2, 0.25) is 0 Å². The molecule has 0 saturated heterocycles. The lowest BCUT2D eigenvalue weighted by Gasteiger charge is -2.23. The van der Waals surface area contributed by atoms with Gasteiger partial charge >= 0.3 is 0 Å². The van der Waals surface area contributed by atoms with Crippen LogP contribution in [0.15, 0.2) is 0 Å². The van der Waals surface area contributed by atoms with Gasteiger partial charge in [-0.05, 0) is 31.1 Å². The van der Waals surface area contributed by atoms with Crippen LogP contribution in [0.5, 0.6) is 0 Å². The Labute approximate surface area is 99.9 Å². The minimum atomic E-state index is -0.115. The number of rotatable bonds is 5. The third kappa shape index (κ3) is 4.81. The van der Waals surface area contributed by atoms with Crippen LogP contribution in [0.4, 0.5) is 0 Å². The van der Waals surface area contributed by atoms with E-state index in [9.17, 15) is 0 Å². The second kappa shape index (κ2) is 6.58.